The fourth-order valence-electron chi connectivity index (χ4n) is 5.55. The fraction of sp³-hybridized carbons (Fsp3) is 0.444. The molecular formula is C27H33N7O3S2. The number of thiazole rings is 1. The number of piperidine rings is 1. The van der Waals surface area contributed by atoms with Crippen molar-refractivity contribution < 1.29 is 13.2 Å². The third-order valence-corrected chi connectivity index (χ3v) is 9.92. The number of benzene rings is 1. The Morgan fingerprint density at radius 3 is 2.69 bits per heavy atom. The molecule has 10 nitrogen and oxygen atoms in total. The molecule has 0 amide bonds. The van der Waals surface area contributed by atoms with Crippen molar-refractivity contribution in [2.45, 2.75) is 32.0 Å². The van der Waals surface area contributed by atoms with Gasteiger partial charge in [0.2, 0.25) is 10.0 Å². The highest BCUT2D eigenvalue weighted by molar-refractivity contribution is 7.88. The number of nitrogens with two attached hydrogens (primary N) is 1. The summed E-state index contributed by atoms with van der Waals surface area (Å²) in [6.07, 6.45) is 5.81. The minimum absolute atomic E-state index is 0.239. The fourth-order valence-corrected chi connectivity index (χ4v) is 7.49. The largest absolute Gasteiger partial charge is 0.398 e. The summed E-state index contributed by atoms with van der Waals surface area (Å²) < 4.78 is 32.2. The van der Waals surface area contributed by atoms with Crippen molar-refractivity contribution in [1.82, 2.24) is 19.2 Å². The van der Waals surface area contributed by atoms with Gasteiger partial charge < -0.3 is 15.4 Å². The van der Waals surface area contributed by atoms with Crippen molar-refractivity contribution in [3.8, 4) is 0 Å². The Labute approximate surface area is 232 Å². The minimum atomic E-state index is -3.16. The van der Waals surface area contributed by atoms with Crippen LogP contribution in [0.2, 0.25) is 0 Å². The van der Waals surface area contributed by atoms with Crippen LogP contribution in [0, 0.1) is 6.92 Å². The smallest absolute Gasteiger partial charge is 0.211 e. The molecule has 0 aliphatic carbocycles. The molecule has 2 unspecified atom stereocenters. The van der Waals surface area contributed by atoms with Gasteiger partial charge in [-0.2, -0.15) is 4.31 Å². The summed E-state index contributed by atoms with van der Waals surface area (Å²) in [4.78, 5) is 19.0. The zero-order chi connectivity index (χ0) is 27.1. The van der Waals surface area contributed by atoms with Gasteiger partial charge in [-0.25, -0.2) is 23.4 Å². The average molecular weight is 568 g/mol. The van der Waals surface area contributed by atoms with Gasteiger partial charge in [-0.3, -0.25) is 4.90 Å². The maximum Gasteiger partial charge on any atom is 0.211 e. The summed E-state index contributed by atoms with van der Waals surface area (Å²) in [7, 11) is -3.16. The predicted octanol–water partition coefficient (Wildman–Crippen LogP) is 2.76. The standard InChI is InChI=1S/C27H33N7O3S2/c1-18-4-3-5-19(12-18)22(28)6-7-29-24-14-23(32-8-10-37-11-9-32)26-27(30-24)31-25(38-26)17-34-20-13-21(34)16-33(15-20)39(2,35)36/h3-7,12,14,20-21H,8-11,13,15-17,28H2,1-2H3/b22-6-,29-7?. The van der Waals surface area contributed by atoms with Crippen LogP contribution in [-0.4, -0.2) is 91.5 Å². The van der Waals surface area contributed by atoms with E-state index in [0.717, 1.165) is 46.0 Å². The van der Waals surface area contributed by atoms with Crippen molar-refractivity contribution >= 4 is 55.1 Å². The molecule has 2 aromatic heterocycles. The summed E-state index contributed by atoms with van der Waals surface area (Å²) in [6, 6.07) is 10.5. The van der Waals surface area contributed by atoms with Crippen molar-refractivity contribution in [2.24, 2.45) is 10.7 Å². The highest BCUT2D eigenvalue weighted by atomic mass is 32.2. The van der Waals surface area contributed by atoms with Crippen LogP contribution >= 0.6 is 11.3 Å². The molecule has 3 aliphatic heterocycles. The van der Waals surface area contributed by atoms with Crippen LogP contribution < -0.4 is 10.6 Å². The molecule has 0 spiro atoms. The lowest BCUT2D eigenvalue weighted by molar-refractivity contribution is -0.0495. The molecule has 12 heteroatoms. The molecule has 2 atom stereocenters. The van der Waals surface area contributed by atoms with Gasteiger partial charge in [-0.1, -0.05) is 23.8 Å². The van der Waals surface area contributed by atoms with Crippen molar-refractivity contribution in [3.05, 3.63) is 52.5 Å². The number of ether oxygens (including phenoxy) is 1. The van der Waals surface area contributed by atoms with E-state index in [0.29, 0.717) is 50.0 Å². The first-order chi connectivity index (χ1) is 18.7. The number of fused-ring (bicyclic) bond motifs is 3. The molecule has 2 bridgehead atoms. The summed E-state index contributed by atoms with van der Waals surface area (Å²) in [5.41, 5.74) is 10.8. The molecule has 3 aromatic rings. The Bertz CT molecular complexity index is 1530. The van der Waals surface area contributed by atoms with E-state index in [1.54, 1.807) is 27.9 Å². The van der Waals surface area contributed by atoms with Gasteiger partial charge >= 0.3 is 0 Å². The number of aryl methyl sites for hydroxylation is 1. The SMILES string of the molecule is Cc1cccc(/C(N)=C/C=Nc2cc(N3CCOCC3)c3sc(CN4C5CC4CN(S(C)(=O)=O)C5)nc3n2)c1. The number of morpholine rings is 1. The van der Waals surface area contributed by atoms with Gasteiger partial charge in [0.1, 0.15) is 5.01 Å². The van der Waals surface area contributed by atoms with E-state index in [1.807, 2.05) is 37.3 Å². The molecule has 3 fully saturated rings. The highest BCUT2D eigenvalue weighted by Crippen LogP contribution is 2.38. The lowest BCUT2D eigenvalue weighted by atomic mass is 9.89. The van der Waals surface area contributed by atoms with E-state index in [4.69, 9.17) is 20.4 Å². The van der Waals surface area contributed by atoms with Crippen LogP contribution in [0.3, 0.4) is 0 Å². The van der Waals surface area contributed by atoms with Gasteiger partial charge in [0.15, 0.2) is 11.5 Å². The Kier molecular flexibility index (Phi) is 7.15. The van der Waals surface area contributed by atoms with Crippen molar-refractivity contribution in [1.29, 1.82) is 0 Å². The van der Waals surface area contributed by atoms with E-state index in [2.05, 4.69) is 14.8 Å². The predicted molar refractivity (Wildman–Crippen MR) is 156 cm³/mol. The quantitative estimate of drug-likeness (QED) is 0.433. The molecule has 0 saturated carbocycles. The maximum absolute atomic E-state index is 12.0. The molecule has 0 radical (unpaired) electrons. The molecule has 3 aliphatic rings. The third kappa shape index (κ3) is 5.57. The summed E-state index contributed by atoms with van der Waals surface area (Å²) in [5, 5.41) is 0.985. The first-order valence-corrected chi connectivity index (χ1v) is 15.8. The second-order valence-electron chi connectivity index (χ2n) is 10.4. The monoisotopic (exact) mass is 567 g/mol. The van der Waals surface area contributed by atoms with Crippen LogP contribution in [0.5, 0.6) is 0 Å². The Balaban J connectivity index is 1.26. The van der Waals surface area contributed by atoms with Gasteiger partial charge in [0, 0.05) is 56.2 Å². The number of nitrogens with zero attached hydrogens (tertiary/aromatic N) is 6. The molecule has 5 heterocycles. The third-order valence-electron chi connectivity index (χ3n) is 7.63. The second kappa shape index (κ2) is 10.6. The van der Waals surface area contributed by atoms with Crippen LogP contribution in [-0.2, 0) is 21.3 Å². The topological polar surface area (TPSA) is 117 Å². The number of aromatic nitrogens is 2. The number of allylic oxidation sites excluding steroid dienone is 1. The number of anilines is 1. The Morgan fingerprint density at radius 1 is 1.21 bits per heavy atom. The lowest BCUT2D eigenvalue weighted by Gasteiger charge is -2.55. The van der Waals surface area contributed by atoms with Crippen LogP contribution in [0.1, 0.15) is 22.6 Å². The molecule has 3 saturated heterocycles. The van der Waals surface area contributed by atoms with Crippen LogP contribution in [0.25, 0.3) is 16.0 Å². The van der Waals surface area contributed by atoms with E-state index in [1.165, 1.54) is 6.26 Å². The number of rotatable bonds is 7. The van der Waals surface area contributed by atoms with Crippen molar-refractivity contribution in [2.75, 3.05) is 50.5 Å². The molecule has 2 N–H and O–H groups in total. The van der Waals surface area contributed by atoms with Crippen LogP contribution in [0.15, 0.2) is 41.4 Å². The first kappa shape index (κ1) is 26.3. The van der Waals surface area contributed by atoms with Gasteiger partial charge in [-0.15, -0.1) is 11.3 Å². The summed E-state index contributed by atoms with van der Waals surface area (Å²) in [5.74, 6) is 0.582. The summed E-state index contributed by atoms with van der Waals surface area (Å²) in [6.45, 7) is 6.80. The van der Waals surface area contributed by atoms with E-state index < -0.39 is 10.0 Å². The van der Waals surface area contributed by atoms with Gasteiger partial charge in [0.05, 0.1) is 36.4 Å². The highest BCUT2D eigenvalue weighted by Gasteiger charge is 2.47. The minimum Gasteiger partial charge on any atom is -0.398 e. The van der Waals surface area contributed by atoms with Crippen LogP contribution in [0.4, 0.5) is 11.5 Å². The number of piperazine rings is 1. The van der Waals surface area contributed by atoms with Crippen molar-refractivity contribution in [3.63, 3.8) is 0 Å². The Morgan fingerprint density at radius 2 is 1.97 bits per heavy atom. The Hall–Kier alpha value is -2.90. The number of aliphatic imine (C=N–C) groups is 1. The first-order valence-electron chi connectivity index (χ1n) is 13.2. The molecule has 1 aromatic carbocycles. The lowest BCUT2D eigenvalue weighted by Crippen LogP contribution is -2.68. The molecule has 6 rings (SSSR count). The number of hydrogen-bond donors (Lipinski definition) is 1. The van der Waals surface area contributed by atoms with Gasteiger partial charge in [0.25, 0.3) is 0 Å². The zero-order valence-electron chi connectivity index (χ0n) is 22.2. The normalized spacial score (nSPS) is 23.0. The molecular weight excluding hydrogens is 534 g/mol. The van der Waals surface area contributed by atoms with Gasteiger partial charge in [-0.05, 0) is 31.1 Å². The number of sulfonamides is 1. The molecule has 206 valence electrons. The van der Waals surface area contributed by atoms with E-state index in [-0.39, 0.29) is 12.1 Å². The summed E-state index contributed by atoms with van der Waals surface area (Å²) >= 11 is 1.66. The number of hydrogen-bond acceptors (Lipinski definition) is 10. The number of likely N-dealkylation sites (tertiary alicyclic amines) is 1. The van der Waals surface area contributed by atoms with E-state index >= 15 is 0 Å². The zero-order valence-corrected chi connectivity index (χ0v) is 23.8. The van der Waals surface area contributed by atoms with E-state index in [9.17, 15) is 8.42 Å². The maximum atomic E-state index is 12.0. The average Bonchev–Trinajstić information content (AvgIpc) is 3.34. The number of pyridine rings is 1. The molecule has 39 heavy (non-hydrogen) atoms. The second-order valence-corrected chi connectivity index (χ2v) is 13.5.